The van der Waals surface area contributed by atoms with Crippen LogP contribution in [-0.2, 0) is 6.54 Å². The van der Waals surface area contributed by atoms with Gasteiger partial charge in [-0.05, 0) is 25.1 Å². The molecule has 0 unspecified atom stereocenters. The summed E-state index contributed by atoms with van der Waals surface area (Å²) in [6.07, 6.45) is 3.06. The topological polar surface area (TPSA) is 91.6 Å². The zero-order valence-electron chi connectivity index (χ0n) is 13.9. The first-order valence-corrected chi connectivity index (χ1v) is 8.04. The minimum absolute atomic E-state index is 0.109. The number of nitrogens with zero attached hydrogens (tertiary/aromatic N) is 5. The van der Waals surface area contributed by atoms with Gasteiger partial charge in [-0.3, -0.25) is 9.36 Å². The Morgan fingerprint density at radius 2 is 2.04 bits per heavy atom. The van der Waals surface area contributed by atoms with E-state index in [9.17, 15) is 9.18 Å². The normalized spacial score (nSPS) is 11.2. The maximum atomic E-state index is 13.8. The largest absolute Gasteiger partial charge is 0.382 e. The summed E-state index contributed by atoms with van der Waals surface area (Å²) in [4.78, 5) is 24.7. The van der Waals surface area contributed by atoms with Crippen LogP contribution in [0.1, 0.15) is 6.92 Å². The Morgan fingerprint density at radius 1 is 1.19 bits per heavy atom. The monoisotopic (exact) mass is 350 g/mol. The minimum atomic E-state index is -0.376. The Labute approximate surface area is 147 Å². The highest BCUT2D eigenvalue weighted by molar-refractivity contribution is 5.87. The Bertz CT molecular complexity index is 1180. The Morgan fingerprint density at radius 3 is 2.81 bits per heavy atom. The molecule has 0 radical (unpaired) electrons. The molecule has 0 aliphatic heterocycles. The minimum Gasteiger partial charge on any atom is -0.382 e. The van der Waals surface area contributed by atoms with Crippen molar-refractivity contribution in [3.63, 3.8) is 0 Å². The van der Waals surface area contributed by atoms with Crippen LogP contribution >= 0.6 is 0 Å². The summed E-state index contributed by atoms with van der Waals surface area (Å²) < 4.78 is 17.1. The Kier molecular flexibility index (Phi) is 3.72. The summed E-state index contributed by atoms with van der Waals surface area (Å²) >= 11 is 0. The quantitative estimate of drug-likeness (QED) is 0.612. The molecule has 3 heterocycles. The molecule has 130 valence electrons. The van der Waals surface area contributed by atoms with Crippen LogP contribution < -0.4 is 11.3 Å². The molecule has 1 aromatic carbocycles. The lowest BCUT2D eigenvalue weighted by atomic mass is 10.2. The summed E-state index contributed by atoms with van der Waals surface area (Å²) in [5, 5.41) is 0. The molecule has 0 fully saturated rings. The molecular weight excluding hydrogens is 335 g/mol. The van der Waals surface area contributed by atoms with Gasteiger partial charge >= 0.3 is 0 Å². The van der Waals surface area contributed by atoms with Crippen molar-refractivity contribution in [3.05, 3.63) is 65.1 Å². The number of pyridine rings is 1. The second-order valence-electron chi connectivity index (χ2n) is 5.72. The zero-order valence-corrected chi connectivity index (χ0v) is 13.9. The highest BCUT2D eigenvalue weighted by atomic mass is 19.1. The van der Waals surface area contributed by atoms with Crippen molar-refractivity contribution >= 4 is 17.0 Å². The first-order valence-electron chi connectivity index (χ1n) is 8.04. The molecule has 3 aromatic heterocycles. The van der Waals surface area contributed by atoms with Gasteiger partial charge in [0, 0.05) is 24.4 Å². The van der Waals surface area contributed by atoms with E-state index in [4.69, 9.17) is 5.73 Å². The predicted octanol–water partition coefficient (Wildman–Crippen LogP) is 2.39. The van der Waals surface area contributed by atoms with E-state index in [1.54, 1.807) is 33.5 Å². The van der Waals surface area contributed by atoms with E-state index in [0.29, 0.717) is 34.8 Å². The first kappa shape index (κ1) is 15.9. The van der Waals surface area contributed by atoms with Crippen molar-refractivity contribution < 1.29 is 4.39 Å². The van der Waals surface area contributed by atoms with Crippen LogP contribution in [0.4, 0.5) is 10.2 Å². The van der Waals surface area contributed by atoms with Gasteiger partial charge in [0.05, 0.1) is 5.69 Å². The fourth-order valence-corrected chi connectivity index (χ4v) is 2.87. The standard InChI is InChI=1S/C18H15FN6O/c1-2-24-9-13(6-7-14(24)26)25-17(11-4-3-5-12(19)8-11)23-15-16(20)21-10-22-18(15)25/h3-10H,2H2,1H3,(H2,20,21,22). The molecule has 0 aliphatic rings. The van der Waals surface area contributed by atoms with Crippen LogP contribution in [0.3, 0.4) is 0 Å². The molecule has 0 atom stereocenters. The van der Waals surface area contributed by atoms with E-state index in [1.807, 2.05) is 6.92 Å². The zero-order chi connectivity index (χ0) is 18.3. The van der Waals surface area contributed by atoms with Gasteiger partial charge in [0.15, 0.2) is 17.0 Å². The van der Waals surface area contributed by atoms with Gasteiger partial charge in [-0.2, -0.15) is 0 Å². The van der Waals surface area contributed by atoms with E-state index >= 15 is 0 Å². The highest BCUT2D eigenvalue weighted by Crippen LogP contribution is 2.29. The molecule has 0 aliphatic carbocycles. The van der Waals surface area contributed by atoms with E-state index in [2.05, 4.69) is 15.0 Å². The van der Waals surface area contributed by atoms with Crippen molar-refractivity contribution in [1.29, 1.82) is 0 Å². The predicted molar refractivity (Wildman–Crippen MR) is 96.4 cm³/mol. The van der Waals surface area contributed by atoms with Gasteiger partial charge in [-0.1, -0.05) is 12.1 Å². The lowest BCUT2D eigenvalue weighted by Crippen LogP contribution is -2.18. The summed E-state index contributed by atoms with van der Waals surface area (Å²) in [6.45, 7) is 2.40. The van der Waals surface area contributed by atoms with Crippen molar-refractivity contribution in [1.82, 2.24) is 24.1 Å². The molecule has 0 saturated heterocycles. The van der Waals surface area contributed by atoms with Crippen LogP contribution in [0.5, 0.6) is 0 Å². The van der Waals surface area contributed by atoms with Crippen LogP contribution in [-0.4, -0.2) is 24.1 Å². The number of nitrogen functional groups attached to an aromatic ring is 1. The second-order valence-corrected chi connectivity index (χ2v) is 5.72. The number of anilines is 1. The van der Waals surface area contributed by atoms with Gasteiger partial charge in [0.1, 0.15) is 18.0 Å². The number of aromatic nitrogens is 5. The molecule has 2 N–H and O–H groups in total. The smallest absolute Gasteiger partial charge is 0.250 e. The van der Waals surface area contributed by atoms with Crippen molar-refractivity contribution in [2.45, 2.75) is 13.5 Å². The van der Waals surface area contributed by atoms with Gasteiger partial charge < -0.3 is 10.3 Å². The van der Waals surface area contributed by atoms with Gasteiger partial charge in [0.2, 0.25) is 0 Å². The molecule has 4 rings (SSSR count). The Hall–Kier alpha value is -3.55. The average Bonchev–Trinajstić information content (AvgIpc) is 3.03. The van der Waals surface area contributed by atoms with E-state index < -0.39 is 0 Å². The van der Waals surface area contributed by atoms with Crippen LogP contribution in [0.2, 0.25) is 0 Å². The fraction of sp³-hybridized carbons (Fsp3) is 0.111. The van der Waals surface area contributed by atoms with Crippen molar-refractivity contribution in [2.75, 3.05) is 5.73 Å². The number of imidazole rings is 1. The van der Waals surface area contributed by atoms with Crippen LogP contribution in [0.15, 0.2) is 53.7 Å². The molecule has 0 saturated carbocycles. The number of hydrogen-bond donors (Lipinski definition) is 1. The summed E-state index contributed by atoms with van der Waals surface area (Å²) in [5.41, 5.74) is 7.98. The number of rotatable bonds is 3. The molecule has 4 aromatic rings. The second kappa shape index (κ2) is 6.07. The molecule has 0 amide bonds. The maximum absolute atomic E-state index is 13.8. The molecule has 7 nitrogen and oxygen atoms in total. The fourth-order valence-electron chi connectivity index (χ4n) is 2.87. The summed E-state index contributed by atoms with van der Waals surface area (Å²) in [7, 11) is 0. The maximum Gasteiger partial charge on any atom is 0.250 e. The summed E-state index contributed by atoms with van der Waals surface area (Å²) in [5.74, 6) is 0.321. The highest BCUT2D eigenvalue weighted by Gasteiger charge is 2.18. The third kappa shape index (κ3) is 2.52. The lowest BCUT2D eigenvalue weighted by Gasteiger charge is -2.11. The van der Waals surface area contributed by atoms with Crippen LogP contribution in [0.25, 0.3) is 28.2 Å². The number of benzene rings is 1. The lowest BCUT2D eigenvalue weighted by molar-refractivity contribution is 0.628. The van der Waals surface area contributed by atoms with E-state index in [0.717, 1.165) is 0 Å². The van der Waals surface area contributed by atoms with Gasteiger partial charge in [0.25, 0.3) is 5.56 Å². The van der Waals surface area contributed by atoms with E-state index in [1.165, 1.54) is 24.5 Å². The van der Waals surface area contributed by atoms with Gasteiger partial charge in [-0.15, -0.1) is 0 Å². The summed E-state index contributed by atoms with van der Waals surface area (Å²) in [6, 6.07) is 9.26. The molecule has 0 spiro atoms. The number of halogens is 1. The number of hydrogen-bond acceptors (Lipinski definition) is 5. The average molecular weight is 350 g/mol. The molecular formula is C18H15FN6O. The number of nitrogens with two attached hydrogens (primary N) is 1. The third-order valence-electron chi connectivity index (χ3n) is 4.12. The number of fused-ring (bicyclic) bond motifs is 1. The van der Waals surface area contributed by atoms with Gasteiger partial charge in [-0.25, -0.2) is 19.3 Å². The number of aryl methyl sites for hydroxylation is 1. The van der Waals surface area contributed by atoms with Crippen LogP contribution in [0, 0.1) is 5.82 Å². The third-order valence-corrected chi connectivity index (χ3v) is 4.12. The van der Waals surface area contributed by atoms with E-state index in [-0.39, 0.29) is 17.2 Å². The first-order chi connectivity index (χ1) is 12.6. The molecule has 8 heteroatoms. The SMILES string of the molecule is CCn1cc(-n2c(-c3cccc(F)c3)nc3c(N)ncnc32)ccc1=O. The van der Waals surface area contributed by atoms with Crippen molar-refractivity contribution in [2.24, 2.45) is 0 Å². The molecule has 0 bridgehead atoms. The van der Waals surface area contributed by atoms with Crippen molar-refractivity contribution in [3.8, 4) is 17.1 Å². The molecule has 26 heavy (non-hydrogen) atoms. The Balaban J connectivity index is 2.08.